The Morgan fingerprint density at radius 3 is 2.54 bits per heavy atom. The van der Waals surface area contributed by atoms with Crippen molar-refractivity contribution in [1.29, 1.82) is 0 Å². The maximum Gasteiger partial charge on any atom is 0.255 e. The normalized spacial score (nSPS) is 19.6. The van der Waals surface area contributed by atoms with Crippen LogP contribution in [0.1, 0.15) is 74.7 Å². The standard InChI is InChI=1S/C21H29NO2/c1-15(2)20(23)19(13-12-16-8-4-3-5-9-16)22-14-17-10-6-7-11-18(17)21(22)24/h6-7,10-11,15-16,19H,3-5,8-9,12-14H2,1-2H3/t19-/m0/s1. The van der Waals surface area contributed by atoms with Crippen LogP contribution in [0.3, 0.4) is 0 Å². The molecule has 130 valence electrons. The maximum atomic E-state index is 12.8. The topological polar surface area (TPSA) is 37.4 Å². The largest absolute Gasteiger partial charge is 0.324 e. The number of hydrogen-bond acceptors (Lipinski definition) is 2. The minimum Gasteiger partial charge on any atom is -0.324 e. The number of carbonyl (C=O) groups is 2. The zero-order valence-electron chi connectivity index (χ0n) is 15.0. The van der Waals surface area contributed by atoms with Crippen LogP contribution in [0.4, 0.5) is 0 Å². The van der Waals surface area contributed by atoms with Crippen LogP contribution in [0.2, 0.25) is 0 Å². The maximum absolute atomic E-state index is 12.8. The lowest BCUT2D eigenvalue weighted by Crippen LogP contribution is -2.43. The molecule has 24 heavy (non-hydrogen) atoms. The Hall–Kier alpha value is -1.64. The summed E-state index contributed by atoms with van der Waals surface area (Å²) < 4.78 is 0. The fourth-order valence-corrected chi connectivity index (χ4v) is 4.23. The van der Waals surface area contributed by atoms with Crippen LogP contribution in [0.5, 0.6) is 0 Å². The molecule has 1 aliphatic carbocycles. The first kappa shape index (κ1) is 17.2. The highest BCUT2D eigenvalue weighted by Crippen LogP contribution is 2.31. The Labute approximate surface area is 145 Å². The molecule has 0 aromatic heterocycles. The van der Waals surface area contributed by atoms with Gasteiger partial charge in [0.2, 0.25) is 0 Å². The summed E-state index contributed by atoms with van der Waals surface area (Å²) in [7, 11) is 0. The van der Waals surface area contributed by atoms with E-state index in [0.29, 0.717) is 6.54 Å². The van der Waals surface area contributed by atoms with Crippen molar-refractivity contribution in [2.75, 3.05) is 0 Å². The summed E-state index contributed by atoms with van der Waals surface area (Å²) in [4.78, 5) is 27.4. The van der Waals surface area contributed by atoms with Gasteiger partial charge in [0.15, 0.2) is 5.78 Å². The summed E-state index contributed by atoms with van der Waals surface area (Å²) in [6.45, 7) is 4.48. The minimum absolute atomic E-state index is 0.0298. The number of fused-ring (bicyclic) bond motifs is 1. The smallest absolute Gasteiger partial charge is 0.255 e. The summed E-state index contributed by atoms with van der Waals surface area (Å²) in [5.41, 5.74) is 1.83. The van der Waals surface area contributed by atoms with Crippen LogP contribution >= 0.6 is 0 Å². The van der Waals surface area contributed by atoms with Gasteiger partial charge in [0.25, 0.3) is 5.91 Å². The van der Waals surface area contributed by atoms with E-state index in [4.69, 9.17) is 0 Å². The third kappa shape index (κ3) is 3.55. The molecular weight excluding hydrogens is 298 g/mol. The first-order valence-electron chi connectivity index (χ1n) is 9.50. The molecule has 2 aliphatic rings. The first-order chi connectivity index (χ1) is 11.6. The van der Waals surface area contributed by atoms with Crippen LogP contribution in [0.15, 0.2) is 24.3 Å². The molecular formula is C21H29NO2. The van der Waals surface area contributed by atoms with Gasteiger partial charge in [-0.1, -0.05) is 64.2 Å². The average molecular weight is 327 g/mol. The lowest BCUT2D eigenvalue weighted by Gasteiger charge is -2.30. The van der Waals surface area contributed by atoms with Crippen molar-refractivity contribution in [3.63, 3.8) is 0 Å². The number of benzene rings is 1. The second kappa shape index (κ2) is 7.50. The van der Waals surface area contributed by atoms with Crippen molar-refractivity contribution in [2.45, 2.75) is 71.4 Å². The van der Waals surface area contributed by atoms with Crippen LogP contribution in [0, 0.1) is 11.8 Å². The SMILES string of the molecule is CC(C)C(=O)[C@H](CCC1CCCCC1)N1Cc2ccccc2C1=O. The van der Waals surface area contributed by atoms with E-state index >= 15 is 0 Å². The molecule has 0 spiro atoms. The third-order valence-corrected chi connectivity index (χ3v) is 5.70. The lowest BCUT2D eigenvalue weighted by molar-refractivity contribution is -0.126. The summed E-state index contributed by atoms with van der Waals surface area (Å²) >= 11 is 0. The summed E-state index contributed by atoms with van der Waals surface area (Å²) in [6.07, 6.45) is 8.46. The highest BCUT2D eigenvalue weighted by Gasteiger charge is 2.36. The van der Waals surface area contributed by atoms with Gasteiger partial charge in [0.05, 0.1) is 6.04 Å². The number of ketones is 1. The molecule has 1 amide bonds. The number of hydrogen-bond donors (Lipinski definition) is 0. The molecule has 1 saturated carbocycles. The zero-order chi connectivity index (χ0) is 17.1. The molecule has 1 fully saturated rings. The van der Waals surface area contributed by atoms with Gasteiger partial charge in [-0.3, -0.25) is 9.59 Å². The van der Waals surface area contributed by atoms with E-state index in [0.717, 1.165) is 29.9 Å². The lowest BCUT2D eigenvalue weighted by atomic mass is 9.84. The van der Waals surface area contributed by atoms with Crippen LogP contribution < -0.4 is 0 Å². The molecule has 1 atom stereocenters. The second-order valence-electron chi connectivity index (χ2n) is 7.74. The average Bonchev–Trinajstić information content (AvgIpc) is 2.93. The Kier molecular flexibility index (Phi) is 5.37. The van der Waals surface area contributed by atoms with E-state index in [9.17, 15) is 9.59 Å². The Bertz CT molecular complexity index is 602. The number of carbonyl (C=O) groups excluding carboxylic acids is 2. The molecule has 0 saturated heterocycles. The highest BCUT2D eigenvalue weighted by molar-refractivity contribution is 6.01. The van der Waals surface area contributed by atoms with Crippen molar-refractivity contribution in [1.82, 2.24) is 4.90 Å². The van der Waals surface area contributed by atoms with Crippen molar-refractivity contribution < 1.29 is 9.59 Å². The summed E-state index contributed by atoms with van der Waals surface area (Å²) in [5.74, 6) is 0.958. The molecule has 0 unspecified atom stereocenters. The molecule has 0 bridgehead atoms. The van der Waals surface area contributed by atoms with Gasteiger partial charge in [-0.05, 0) is 30.4 Å². The quantitative estimate of drug-likeness (QED) is 0.766. The van der Waals surface area contributed by atoms with Crippen molar-refractivity contribution in [3.8, 4) is 0 Å². The molecule has 3 nitrogen and oxygen atoms in total. The van der Waals surface area contributed by atoms with Gasteiger partial charge in [-0.25, -0.2) is 0 Å². The molecule has 1 aliphatic heterocycles. The number of amides is 1. The highest BCUT2D eigenvalue weighted by atomic mass is 16.2. The van der Waals surface area contributed by atoms with Gasteiger partial charge < -0.3 is 4.90 Å². The Morgan fingerprint density at radius 2 is 1.88 bits per heavy atom. The minimum atomic E-state index is -0.258. The molecule has 3 heteroatoms. The van der Waals surface area contributed by atoms with Gasteiger partial charge >= 0.3 is 0 Å². The number of rotatable bonds is 6. The van der Waals surface area contributed by atoms with Gasteiger partial charge in [0, 0.05) is 18.0 Å². The van der Waals surface area contributed by atoms with Crippen LogP contribution in [0.25, 0.3) is 0 Å². The first-order valence-corrected chi connectivity index (χ1v) is 9.50. The van der Waals surface area contributed by atoms with E-state index in [2.05, 4.69) is 0 Å². The van der Waals surface area contributed by atoms with E-state index in [-0.39, 0.29) is 23.7 Å². The Morgan fingerprint density at radius 1 is 1.17 bits per heavy atom. The Balaban J connectivity index is 1.73. The zero-order valence-corrected chi connectivity index (χ0v) is 15.0. The second-order valence-corrected chi connectivity index (χ2v) is 7.74. The van der Waals surface area contributed by atoms with Crippen molar-refractivity contribution >= 4 is 11.7 Å². The summed E-state index contributed by atoms with van der Waals surface area (Å²) in [6, 6.07) is 7.51. The van der Waals surface area contributed by atoms with Crippen LogP contribution in [-0.2, 0) is 11.3 Å². The monoisotopic (exact) mass is 327 g/mol. The predicted molar refractivity (Wildman–Crippen MR) is 95.8 cm³/mol. The third-order valence-electron chi connectivity index (χ3n) is 5.70. The fraction of sp³-hybridized carbons (Fsp3) is 0.619. The van der Waals surface area contributed by atoms with Crippen molar-refractivity contribution in [2.24, 2.45) is 11.8 Å². The van der Waals surface area contributed by atoms with Gasteiger partial charge in [0.1, 0.15) is 0 Å². The molecule has 1 heterocycles. The van der Waals surface area contributed by atoms with E-state index in [1.165, 1.54) is 32.1 Å². The fourth-order valence-electron chi connectivity index (χ4n) is 4.23. The molecule has 0 radical (unpaired) electrons. The molecule has 1 aromatic carbocycles. The van der Waals surface area contributed by atoms with E-state index in [1.54, 1.807) is 0 Å². The molecule has 0 N–H and O–H groups in total. The van der Waals surface area contributed by atoms with Gasteiger partial charge in [-0.2, -0.15) is 0 Å². The number of nitrogens with zero attached hydrogens (tertiary/aromatic N) is 1. The summed E-state index contributed by atoms with van der Waals surface area (Å²) in [5, 5.41) is 0. The molecule has 1 aromatic rings. The van der Waals surface area contributed by atoms with Crippen molar-refractivity contribution in [3.05, 3.63) is 35.4 Å². The van der Waals surface area contributed by atoms with E-state index in [1.807, 2.05) is 43.0 Å². The predicted octanol–water partition coefficient (Wildman–Crippen LogP) is 4.60. The number of Topliss-reactive ketones (excluding diaryl/α,β-unsaturated/α-hetero) is 1. The van der Waals surface area contributed by atoms with Crippen LogP contribution in [-0.4, -0.2) is 22.6 Å². The van der Waals surface area contributed by atoms with E-state index < -0.39 is 0 Å². The van der Waals surface area contributed by atoms with Gasteiger partial charge in [-0.15, -0.1) is 0 Å². The molecule has 3 rings (SSSR count).